The van der Waals surface area contributed by atoms with Crippen molar-refractivity contribution in [1.82, 2.24) is 20.7 Å². The molecule has 0 unspecified atom stereocenters. The van der Waals surface area contributed by atoms with Gasteiger partial charge in [0.15, 0.2) is 0 Å². The van der Waals surface area contributed by atoms with E-state index in [1.807, 2.05) is 30.3 Å². The molecule has 3 N–H and O–H groups in total. The van der Waals surface area contributed by atoms with Gasteiger partial charge in [0, 0.05) is 36.0 Å². The number of aromatic amines is 1. The summed E-state index contributed by atoms with van der Waals surface area (Å²) >= 11 is 6.16. The topological polar surface area (TPSA) is 165 Å². The van der Waals surface area contributed by atoms with Crippen LogP contribution in [0.3, 0.4) is 0 Å². The molecule has 2 amide bonds. The van der Waals surface area contributed by atoms with Crippen LogP contribution >= 0.6 is 11.6 Å². The van der Waals surface area contributed by atoms with E-state index in [4.69, 9.17) is 20.8 Å². The molecule has 13 heteroatoms. The van der Waals surface area contributed by atoms with E-state index in [0.29, 0.717) is 11.3 Å². The van der Waals surface area contributed by atoms with E-state index in [2.05, 4.69) is 25.8 Å². The van der Waals surface area contributed by atoms with Crippen molar-refractivity contribution in [2.24, 2.45) is 5.10 Å². The molecule has 0 aliphatic carbocycles. The first-order valence-corrected chi connectivity index (χ1v) is 11.6. The number of hydrogen-bond acceptors (Lipinski definition) is 8. The van der Waals surface area contributed by atoms with Crippen LogP contribution in [0.4, 0.5) is 10.5 Å². The molecule has 0 aliphatic rings. The number of imidazole rings is 1. The van der Waals surface area contributed by atoms with Crippen molar-refractivity contribution in [3.05, 3.63) is 105 Å². The summed E-state index contributed by atoms with van der Waals surface area (Å²) in [5.74, 6) is -0.0735. The number of carbonyl (C=O) groups excluding carboxylic acids is 2. The second kappa shape index (κ2) is 12.3. The number of nitro benzene ring substituents is 1. The van der Waals surface area contributed by atoms with Gasteiger partial charge in [-0.3, -0.25) is 14.9 Å². The van der Waals surface area contributed by atoms with E-state index in [1.165, 1.54) is 36.9 Å². The Balaban J connectivity index is 1.39. The summed E-state index contributed by atoms with van der Waals surface area (Å²) in [6.45, 7) is 0.0403. The number of amides is 2. The van der Waals surface area contributed by atoms with Gasteiger partial charge in [-0.1, -0.05) is 41.9 Å². The summed E-state index contributed by atoms with van der Waals surface area (Å²) in [6.07, 6.45) is 3.57. The third-order valence-corrected chi connectivity index (χ3v) is 5.55. The number of nitrogens with one attached hydrogen (secondary N) is 3. The van der Waals surface area contributed by atoms with Crippen molar-refractivity contribution in [2.45, 2.75) is 19.1 Å². The van der Waals surface area contributed by atoms with E-state index in [0.717, 1.165) is 5.56 Å². The smallest absolute Gasteiger partial charge is 0.408 e. The van der Waals surface area contributed by atoms with Gasteiger partial charge in [0.2, 0.25) is 0 Å². The standard InChI is InChI=1S/C25H21ClN6O6/c26-21-8-6-18(32(35)36)11-20(21)23-9-7-19(38-23)13-29-31-24(33)22(10-17-12-27-15-28-17)30-25(34)37-14-16-4-2-1-3-5-16/h1-9,11-13,15,22H,10,14H2,(H,27,28)(H,30,34)(H,31,33)/b29-13-/t22-/m1/s1. The SMILES string of the molecule is O=C(N[C@H](Cc1cnc[nH]1)C(=O)N/N=C\c1ccc(-c2cc([N+](=O)[O-])ccc2Cl)o1)OCc1ccccc1. The molecule has 194 valence electrons. The van der Waals surface area contributed by atoms with Gasteiger partial charge in [0.25, 0.3) is 11.6 Å². The summed E-state index contributed by atoms with van der Waals surface area (Å²) in [6, 6.07) is 15.2. The van der Waals surface area contributed by atoms with Crippen molar-refractivity contribution >= 4 is 35.5 Å². The summed E-state index contributed by atoms with van der Waals surface area (Å²) in [7, 11) is 0. The Hall–Kier alpha value is -4.97. The third kappa shape index (κ3) is 7.04. The zero-order valence-corrected chi connectivity index (χ0v) is 20.4. The summed E-state index contributed by atoms with van der Waals surface area (Å²) in [5, 5.41) is 17.8. The second-order valence-corrected chi connectivity index (χ2v) is 8.30. The minimum Gasteiger partial charge on any atom is -0.455 e. The first-order chi connectivity index (χ1) is 18.4. The fourth-order valence-electron chi connectivity index (χ4n) is 3.35. The number of nitrogens with zero attached hydrogens (tertiary/aromatic N) is 3. The number of carbonyl (C=O) groups is 2. The molecule has 0 bridgehead atoms. The van der Waals surface area contributed by atoms with Crippen LogP contribution in [0.15, 0.2) is 82.7 Å². The van der Waals surface area contributed by atoms with Gasteiger partial charge >= 0.3 is 6.09 Å². The van der Waals surface area contributed by atoms with Crippen LogP contribution in [0.2, 0.25) is 5.02 Å². The Bertz CT molecular complexity index is 1440. The van der Waals surface area contributed by atoms with E-state index in [1.54, 1.807) is 12.1 Å². The van der Waals surface area contributed by atoms with Gasteiger partial charge in [0.05, 0.1) is 22.5 Å². The molecule has 12 nitrogen and oxygen atoms in total. The highest BCUT2D eigenvalue weighted by Gasteiger charge is 2.22. The lowest BCUT2D eigenvalue weighted by Gasteiger charge is -2.16. The molecular weight excluding hydrogens is 516 g/mol. The molecule has 0 aliphatic heterocycles. The molecule has 38 heavy (non-hydrogen) atoms. The largest absolute Gasteiger partial charge is 0.455 e. The maximum atomic E-state index is 12.8. The van der Waals surface area contributed by atoms with E-state index < -0.39 is 23.0 Å². The molecule has 2 aromatic heterocycles. The van der Waals surface area contributed by atoms with Crippen molar-refractivity contribution in [3.8, 4) is 11.3 Å². The van der Waals surface area contributed by atoms with Crippen LogP contribution in [0.5, 0.6) is 0 Å². The Morgan fingerprint density at radius 2 is 2.03 bits per heavy atom. The number of ether oxygens (including phenoxy) is 1. The number of non-ortho nitro benzene ring substituents is 1. The Morgan fingerprint density at radius 1 is 1.21 bits per heavy atom. The first kappa shape index (κ1) is 26.1. The molecule has 4 rings (SSSR count). The van der Waals surface area contributed by atoms with E-state index in [9.17, 15) is 19.7 Å². The predicted octanol–water partition coefficient (Wildman–Crippen LogP) is 4.22. The highest BCUT2D eigenvalue weighted by atomic mass is 35.5. The predicted molar refractivity (Wildman–Crippen MR) is 137 cm³/mol. The number of nitro groups is 1. The lowest BCUT2D eigenvalue weighted by Crippen LogP contribution is -2.47. The van der Waals surface area contributed by atoms with Crippen LogP contribution in [0, 0.1) is 10.1 Å². The van der Waals surface area contributed by atoms with Gasteiger partial charge < -0.3 is 19.5 Å². The third-order valence-electron chi connectivity index (χ3n) is 5.22. The lowest BCUT2D eigenvalue weighted by molar-refractivity contribution is -0.384. The number of hydrazone groups is 1. The number of furan rings is 1. The van der Waals surface area contributed by atoms with Crippen molar-refractivity contribution in [3.63, 3.8) is 0 Å². The molecular formula is C25H21ClN6O6. The Morgan fingerprint density at radius 3 is 2.76 bits per heavy atom. The molecule has 0 saturated carbocycles. The minimum atomic E-state index is -1.02. The maximum absolute atomic E-state index is 12.8. The highest BCUT2D eigenvalue weighted by molar-refractivity contribution is 6.33. The van der Waals surface area contributed by atoms with E-state index >= 15 is 0 Å². The Labute approximate surface area is 220 Å². The molecule has 0 spiro atoms. The quantitative estimate of drug-likeness (QED) is 0.155. The second-order valence-electron chi connectivity index (χ2n) is 7.90. The van der Waals surface area contributed by atoms with Gasteiger partial charge in [-0.25, -0.2) is 15.2 Å². The molecule has 0 saturated heterocycles. The number of benzene rings is 2. The van der Waals surface area contributed by atoms with Gasteiger partial charge in [-0.2, -0.15) is 5.10 Å². The maximum Gasteiger partial charge on any atom is 0.408 e. The number of hydrogen-bond donors (Lipinski definition) is 3. The van der Waals surface area contributed by atoms with Crippen LogP contribution in [-0.2, 0) is 22.6 Å². The fraction of sp³-hybridized carbons (Fsp3) is 0.120. The lowest BCUT2D eigenvalue weighted by atomic mass is 10.1. The van der Waals surface area contributed by atoms with Gasteiger partial charge in [-0.15, -0.1) is 0 Å². The van der Waals surface area contributed by atoms with Gasteiger partial charge in [0.1, 0.15) is 24.2 Å². The number of alkyl carbamates (subject to hydrolysis) is 1. The van der Waals surface area contributed by atoms with Crippen LogP contribution in [-0.4, -0.2) is 39.1 Å². The zero-order chi connectivity index (χ0) is 26.9. The van der Waals surface area contributed by atoms with E-state index in [-0.39, 0.29) is 35.3 Å². The number of aromatic nitrogens is 2. The van der Waals surface area contributed by atoms with Gasteiger partial charge in [-0.05, 0) is 23.8 Å². The average Bonchev–Trinajstić information content (AvgIpc) is 3.60. The van der Waals surface area contributed by atoms with Crippen molar-refractivity contribution in [2.75, 3.05) is 0 Å². The van der Waals surface area contributed by atoms with Crippen molar-refractivity contribution < 1.29 is 23.7 Å². The van der Waals surface area contributed by atoms with Crippen LogP contribution in [0.25, 0.3) is 11.3 Å². The molecule has 2 heterocycles. The zero-order valence-electron chi connectivity index (χ0n) is 19.7. The molecule has 0 radical (unpaired) electrons. The fourth-order valence-corrected chi connectivity index (χ4v) is 3.56. The molecule has 2 aromatic carbocycles. The Kier molecular flexibility index (Phi) is 8.46. The van der Waals surface area contributed by atoms with Crippen LogP contribution < -0.4 is 10.7 Å². The first-order valence-electron chi connectivity index (χ1n) is 11.2. The molecule has 1 atom stereocenters. The highest BCUT2D eigenvalue weighted by Crippen LogP contribution is 2.32. The number of halogens is 1. The minimum absolute atomic E-state index is 0.0403. The average molecular weight is 537 g/mol. The van der Waals surface area contributed by atoms with Crippen LogP contribution in [0.1, 0.15) is 17.0 Å². The summed E-state index contributed by atoms with van der Waals surface area (Å²) < 4.78 is 10.9. The molecule has 0 fully saturated rings. The number of rotatable bonds is 10. The monoisotopic (exact) mass is 536 g/mol. The normalized spacial score (nSPS) is 11.7. The van der Waals surface area contributed by atoms with Crippen molar-refractivity contribution in [1.29, 1.82) is 0 Å². The summed E-state index contributed by atoms with van der Waals surface area (Å²) in [5.41, 5.74) is 3.97. The molecule has 4 aromatic rings. The summed E-state index contributed by atoms with van der Waals surface area (Å²) in [4.78, 5) is 42.5. The number of H-pyrrole nitrogens is 1.